The van der Waals surface area contributed by atoms with Crippen molar-refractivity contribution in [2.75, 3.05) is 26.2 Å². The first-order valence-corrected chi connectivity index (χ1v) is 9.53. The Kier molecular flexibility index (Phi) is 5.05. The molecule has 1 aliphatic rings. The minimum atomic E-state index is -3.47. The second-order valence-corrected chi connectivity index (χ2v) is 7.80. The number of nitro groups is 1. The normalized spacial score (nSPS) is 15.8. The molecule has 1 aromatic carbocycles. The molecule has 0 N–H and O–H groups in total. The minimum Gasteiger partial charge on any atom is -0.395 e. The molecule has 26 heavy (non-hydrogen) atoms. The van der Waals surface area contributed by atoms with Crippen LogP contribution in [-0.4, -0.2) is 54.6 Å². The third-order valence-corrected chi connectivity index (χ3v) is 5.94. The monoisotopic (exact) mass is 379 g/mol. The first kappa shape index (κ1) is 18.1. The van der Waals surface area contributed by atoms with Crippen LogP contribution in [0.25, 0.3) is 0 Å². The van der Waals surface area contributed by atoms with Crippen molar-refractivity contribution in [3.8, 4) is 0 Å². The predicted molar refractivity (Wildman–Crippen MR) is 91.9 cm³/mol. The Morgan fingerprint density at radius 2 is 1.73 bits per heavy atom. The van der Waals surface area contributed by atoms with Gasteiger partial charge in [-0.15, -0.1) is 0 Å². The summed E-state index contributed by atoms with van der Waals surface area (Å²) in [5.74, 6) is -1.21. The summed E-state index contributed by atoms with van der Waals surface area (Å²) >= 11 is 0. The summed E-state index contributed by atoms with van der Waals surface area (Å²) in [7, 11) is -3.47. The number of rotatable bonds is 5. The Labute approximate surface area is 150 Å². The van der Waals surface area contributed by atoms with E-state index in [4.69, 9.17) is 4.42 Å². The summed E-state index contributed by atoms with van der Waals surface area (Å²) in [5, 5.41) is 10.6. The van der Waals surface area contributed by atoms with Crippen molar-refractivity contribution in [2.45, 2.75) is 5.75 Å². The van der Waals surface area contributed by atoms with Crippen molar-refractivity contribution < 1.29 is 22.6 Å². The molecule has 1 fully saturated rings. The SMILES string of the molecule is O=C(c1ccc([N+](=O)[O-])o1)N1CCN(S(=O)(=O)Cc2ccccc2)CC1. The van der Waals surface area contributed by atoms with Crippen molar-refractivity contribution in [3.05, 3.63) is 63.9 Å². The van der Waals surface area contributed by atoms with Crippen LogP contribution in [0.15, 0.2) is 46.9 Å². The summed E-state index contributed by atoms with van der Waals surface area (Å²) < 4.78 is 31.3. The van der Waals surface area contributed by atoms with Gasteiger partial charge in [0.15, 0.2) is 5.76 Å². The maximum Gasteiger partial charge on any atom is 0.433 e. The summed E-state index contributed by atoms with van der Waals surface area (Å²) in [4.78, 5) is 23.7. The Hall–Kier alpha value is -2.72. The zero-order valence-corrected chi connectivity index (χ0v) is 14.6. The van der Waals surface area contributed by atoms with Gasteiger partial charge in [0.25, 0.3) is 5.91 Å². The zero-order valence-electron chi connectivity index (χ0n) is 13.8. The minimum absolute atomic E-state index is 0.0911. The molecule has 1 amide bonds. The quantitative estimate of drug-likeness (QED) is 0.574. The van der Waals surface area contributed by atoms with E-state index in [0.29, 0.717) is 5.56 Å². The van der Waals surface area contributed by atoms with Crippen molar-refractivity contribution in [2.24, 2.45) is 0 Å². The Bertz CT molecular complexity index is 901. The van der Waals surface area contributed by atoms with Crippen molar-refractivity contribution in [3.63, 3.8) is 0 Å². The Balaban J connectivity index is 1.61. The van der Waals surface area contributed by atoms with Crippen LogP contribution in [0.5, 0.6) is 0 Å². The van der Waals surface area contributed by atoms with E-state index in [1.54, 1.807) is 24.3 Å². The van der Waals surface area contributed by atoms with Crippen LogP contribution in [0.1, 0.15) is 16.1 Å². The van der Waals surface area contributed by atoms with E-state index in [9.17, 15) is 23.3 Å². The maximum atomic E-state index is 12.5. The Morgan fingerprint density at radius 1 is 1.08 bits per heavy atom. The molecule has 1 aliphatic heterocycles. The zero-order chi connectivity index (χ0) is 18.7. The second kappa shape index (κ2) is 7.26. The van der Waals surface area contributed by atoms with Gasteiger partial charge >= 0.3 is 5.88 Å². The van der Waals surface area contributed by atoms with Crippen LogP contribution in [0.3, 0.4) is 0 Å². The van der Waals surface area contributed by atoms with E-state index in [2.05, 4.69) is 0 Å². The summed E-state index contributed by atoms with van der Waals surface area (Å²) in [6, 6.07) is 11.3. The standard InChI is InChI=1S/C16H17N3O6S/c20-16(14-6-7-15(25-14)19(21)22)17-8-10-18(11-9-17)26(23,24)12-13-4-2-1-3-5-13/h1-7H,8-12H2. The summed E-state index contributed by atoms with van der Waals surface area (Å²) in [6.07, 6.45) is 0. The van der Waals surface area contributed by atoms with Gasteiger partial charge in [-0.05, 0) is 11.6 Å². The third-order valence-electron chi connectivity index (χ3n) is 4.09. The molecular formula is C16H17N3O6S. The van der Waals surface area contributed by atoms with E-state index >= 15 is 0 Å². The lowest BCUT2D eigenvalue weighted by Crippen LogP contribution is -2.50. The van der Waals surface area contributed by atoms with Gasteiger partial charge in [-0.25, -0.2) is 8.42 Å². The van der Waals surface area contributed by atoms with Crippen LogP contribution in [-0.2, 0) is 15.8 Å². The Morgan fingerprint density at radius 3 is 2.31 bits per heavy atom. The van der Waals surface area contributed by atoms with E-state index in [1.807, 2.05) is 6.07 Å². The lowest BCUT2D eigenvalue weighted by Gasteiger charge is -2.33. The fourth-order valence-corrected chi connectivity index (χ4v) is 4.26. The van der Waals surface area contributed by atoms with Crippen LogP contribution in [0, 0.1) is 10.1 Å². The van der Waals surface area contributed by atoms with Gasteiger partial charge in [0.2, 0.25) is 10.0 Å². The predicted octanol–water partition coefficient (Wildman–Crippen LogP) is 1.48. The molecule has 0 atom stereocenters. The van der Waals surface area contributed by atoms with Crippen molar-refractivity contribution >= 4 is 21.8 Å². The first-order valence-electron chi connectivity index (χ1n) is 7.92. The number of carbonyl (C=O) groups is 1. The molecule has 0 radical (unpaired) electrons. The number of hydrogen-bond acceptors (Lipinski definition) is 6. The average molecular weight is 379 g/mol. The van der Waals surface area contributed by atoms with E-state index < -0.39 is 26.7 Å². The lowest BCUT2D eigenvalue weighted by atomic mass is 10.2. The highest BCUT2D eigenvalue weighted by molar-refractivity contribution is 7.88. The molecule has 1 saturated heterocycles. The molecule has 0 saturated carbocycles. The molecule has 0 spiro atoms. The maximum absolute atomic E-state index is 12.5. The lowest BCUT2D eigenvalue weighted by molar-refractivity contribution is -0.402. The van der Waals surface area contributed by atoms with Gasteiger partial charge in [-0.2, -0.15) is 4.31 Å². The van der Waals surface area contributed by atoms with Gasteiger partial charge in [-0.1, -0.05) is 30.3 Å². The number of carbonyl (C=O) groups excluding carboxylic acids is 1. The van der Waals surface area contributed by atoms with Gasteiger partial charge in [0.1, 0.15) is 4.92 Å². The van der Waals surface area contributed by atoms with Gasteiger partial charge in [0, 0.05) is 26.2 Å². The van der Waals surface area contributed by atoms with Gasteiger partial charge in [-0.3, -0.25) is 14.9 Å². The van der Waals surface area contributed by atoms with Crippen molar-refractivity contribution in [1.29, 1.82) is 0 Å². The molecule has 0 aliphatic carbocycles. The van der Waals surface area contributed by atoms with Crippen LogP contribution in [0.2, 0.25) is 0 Å². The average Bonchev–Trinajstić information content (AvgIpc) is 3.12. The number of furan rings is 1. The molecule has 0 bridgehead atoms. The topological polar surface area (TPSA) is 114 Å². The van der Waals surface area contributed by atoms with Gasteiger partial charge in [0.05, 0.1) is 11.8 Å². The fraction of sp³-hybridized carbons (Fsp3) is 0.312. The third kappa shape index (κ3) is 3.92. The molecule has 2 heterocycles. The van der Waals surface area contributed by atoms with Crippen LogP contribution < -0.4 is 0 Å². The van der Waals surface area contributed by atoms with E-state index in [0.717, 1.165) is 6.07 Å². The van der Waals surface area contributed by atoms with E-state index in [-0.39, 0.29) is 37.7 Å². The summed E-state index contributed by atoms with van der Waals surface area (Å²) in [6.45, 7) is 0.732. The molecular weight excluding hydrogens is 362 g/mol. The largest absolute Gasteiger partial charge is 0.433 e. The van der Waals surface area contributed by atoms with Crippen molar-refractivity contribution in [1.82, 2.24) is 9.21 Å². The fourth-order valence-electron chi connectivity index (χ4n) is 2.74. The summed E-state index contributed by atoms with van der Waals surface area (Å²) in [5.41, 5.74) is 0.703. The van der Waals surface area contributed by atoms with Crippen LogP contribution in [0.4, 0.5) is 5.88 Å². The number of piperazine rings is 1. The molecule has 10 heteroatoms. The molecule has 138 valence electrons. The second-order valence-electron chi connectivity index (χ2n) is 5.83. The number of benzene rings is 1. The number of hydrogen-bond donors (Lipinski definition) is 0. The molecule has 2 aromatic rings. The molecule has 1 aromatic heterocycles. The molecule has 3 rings (SSSR count). The molecule has 9 nitrogen and oxygen atoms in total. The highest BCUT2D eigenvalue weighted by Gasteiger charge is 2.30. The number of amides is 1. The number of nitrogens with zero attached hydrogens (tertiary/aromatic N) is 3. The van der Waals surface area contributed by atoms with E-state index in [1.165, 1.54) is 15.3 Å². The molecule has 0 unspecified atom stereocenters. The van der Waals surface area contributed by atoms with Gasteiger partial charge < -0.3 is 9.32 Å². The first-order chi connectivity index (χ1) is 12.4. The highest BCUT2D eigenvalue weighted by Crippen LogP contribution is 2.19. The highest BCUT2D eigenvalue weighted by atomic mass is 32.2. The number of sulfonamides is 1. The van der Waals surface area contributed by atoms with Crippen LogP contribution >= 0.6 is 0 Å². The smallest absolute Gasteiger partial charge is 0.395 e.